The third-order valence-corrected chi connectivity index (χ3v) is 2.93. The van der Waals surface area contributed by atoms with Crippen molar-refractivity contribution in [1.82, 2.24) is 4.90 Å². The second kappa shape index (κ2) is 6.74. The van der Waals surface area contributed by atoms with Crippen molar-refractivity contribution in [2.45, 2.75) is 58.1 Å². The SMILES string of the molecule is CC(C)OC(=O)N(CCO)C1CCCCC1. The number of hydrogen-bond donors (Lipinski definition) is 1. The molecule has 4 heteroatoms. The fraction of sp³-hybridized carbons (Fsp3) is 0.917. The lowest BCUT2D eigenvalue weighted by Gasteiger charge is -2.33. The molecule has 1 rings (SSSR count). The van der Waals surface area contributed by atoms with Crippen molar-refractivity contribution in [1.29, 1.82) is 0 Å². The molecule has 0 radical (unpaired) electrons. The van der Waals surface area contributed by atoms with Crippen molar-refractivity contribution in [3.63, 3.8) is 0 Å². The van der Waals surface area contributed by atoms with Crippen LogP contribution in [-0.2, 0) is 4.74 Å². The molecule has 1 N–H and O–H groups in total. The van der Waals surface area contributed by atoms with Crippen LogP contribution in [0.5, 0.6) is 0 Å². The van der Waals surface area contributed by atoms with Gasteiger partial charge < -0.3 is 14.7 Å². The largest absolute Gasteiger partial charge is 0.447 e. The fourth-order valence-corrected chi connectivity index (χ4v) is 2.19. The van der Waals surface area contributed by atoms with E-state index in [1.165, 1.54) is 19.3 Å². The number of amides is 1. The van der Waals surface area contributed by atoms with Crippen LogP contribution in [0.3, 0.4) is 0 Å². The number of ether oxygens (including phenoxy) is 1. The quantitative estimate of drug-likeness (QED) is 0.803. The molecule has 0 aromatic heterocycles. The van der Waals surface area contributed by atoms with Gasteiger partial charge in [0, 0.05) is 12.6 Å². The van der Waals surface area contributed by atoms with E-state index in [9.17, 15) is 4.79 Å². The fourth-order valence-electron chi connectivity index (χ4n) is 2.19. The van der Waals surface area contributed by atoms with E-state index in [0.717, 1.165) is 12.8 Å². The second-order valence-corrected chi connectivity index (χ2v) is 4.64. The summed E-state index contributed by atoms with van der Waals surface area (Å²) in [5.41, 5.74) is 0. The van der Waals surface area contributed by atoms with Crippen molar-refractivity contribution in [3.05, 3.63) is 0 Å². The average Bonchev–Trinajstić information content (AvgIpc) is 2.26. The van der Waals surface area contributed by atoms with E-state index in [1.54, 1.807) is 4.90 Å². The number of aliphatic hydroxyl groups is 1. The number of rotatable bonds is 4. The predicted octanol–water partition coefficient (Wildman–Crippen LogP) is 2.16. The lowest BCUT2D eigenvalue weighted by Crippen LogP contribution is -2.44. The summed E-state index contributed by atoms with van der Waals surface area (Å²) in [6, 6.07) is 0.257. The van der Waals surface area contributed by atoms with Crippen LogP contribution >= 0.6 is 0 Å². The Balaban J connectivity index is 2.53. The number of hydrogen-bond acceptors (Lipinski definition) is 3. The minimum Gasteiger partial charge on any atom is -0.447 e. The summed E-state index contributed by atoms with van der Waals surface area (Å²) in [4.78, 5) is 13.5. The Kier molecular flexibility index (Phi) is 5.60. The highest BCUT2D eigenvalue weighted by atomic mass is 16.6. The Morgan fingerprint density at radius 3 is 2.50 bits per heavy atom. The third-order valence-electron chi connectivity index (χ3n) is 2.93. The molecule has 0 atom stereocenters. The summed E-state index contributed by atoms with van der Waals surface area (Å²) < 4.78 is 5.19. The van der Waals surface area contributed by atoms with E-state index in [2.05, 4.69) is 0 Å². The zero-order valence-corrected chi connectivity index (χ0v) is 10.3. The smallest absolute Gasteiger partial charge is 0.410 e. The number of nitrogens with zero attached hydrogens (tertiary/aromatic N) is 1. The highest BCUT2D eigenvalue weighted by Gasteiger charge is 2.26. The van der Waals surface area contributed by atoms with Gasteiger partial charge in [0.2, 0.25) is 0 Å². The summed E-state index contributed by atoms with van der Waals surface area (Å²) in [5.74, 6) is 0. The van der Waals surface area contributed by atoms with Gasteiger partial charge in [-0.05, 0) is 26.7 Å². The van der Waals surface area contributed by atoms with Gasteiger partial charge in [-0.3, -0.25) is 0 Å². The Hall–Kier alpha value is -0.770. The summed E-state index contributed by atoms with van der Waals surface area (Å²) in [7, 11) is 0. The van der Waals surface area contributed by atoms with Gasteiger partial charge >= 0.3 is 6.09 Å². The molecule has 0 spiro atoms. The van der Waals surface area contributed by atoms with Crippen molar-refractivity contribution >= 4 is 6.09 Å². The molecule has 16 heavy (non-hydrogen) atoms. The van der Waals surface area contributed by atoms with Gasteiger partial charge in [-0.2, -0.15) is 0 Å². The van der Waals surface area contributed by atoms with Crippen LogP contribution in [0.2, 0.25) is 0 Å². The Morgan fingerprint density at radius 2 is 2.00 bits per heavy atom. The topological polar surface area (TPSA) is 49.8 Å². The summed E-state index contributed by atoms with van der Waals surface area (Å²) in [6.45, 7) is 4.08. The summed E-state index contributed by atoms with van der Waals surface area (Å²) in [5, 5.41) is 9.00. The first kappa shape index (κ1) is 13.3. The van der Waals surface area contributed by atoms with Gasteiger partial charge in [0.05, 0.1) is 12.7 Å². The Bertz CT molecular complexity index is 212. The van der Waals surface area contributed by atoms with Gasteiger partial charge in [-0.15, -0.1) is 0 Å². The molecule has 0 heterocycles. The maximum atomic E-state index is 11.8. The molecule has 1 aliphatic carbocycles. The van der Waals surface area contributed by atoms with E-state index in [0.29, 0.717) is 6.54 Å². The number of aliphatic hydroxyl groups excluding tert-OH is 1. The second-order valence-electron chi connectivity index (χ2n) is 4.64. The maximum absolute atomic E-state index is 11.8. The van der Waals surface area contributed by atoms with E-state index < -0.39 is 0 Å². The number of carbonyl (C=O) groups excluding carboxylic acids is 1. The lowest BCUT2D eigenvalue weighted by atomic mass is 9.94. The predicted molar refractivity (Wildman–Crippen MR) is 62.3 cm³/mol. The van der Waals surface area contributed by atoms with Crippen LogP contribution < -0.4 is 0 Å². The molecular formula is C12H23NO3. The molecule has 1 amide bonds. The molecule has 4 nitrogen and oxygen atoms in total. The summed E-state index contributed by atoms with van der Waals surface area (Å²) in [6.07, 6.45) is 5.28. The molecule has 94 valence electrons. The standard InChI is InChI=1S/C12H23NO3/c1-10(2)16-12(15)13(8-9-14)11-6-4-3-5-7-11/h10-11,14H,3-9H2,1-2H3. The highest BCUT2D eigenvalue weighted by molar-refractivity contribution is 5.68. The highest BCUT2D eigenvalue weighted by Crippen LogP contribution is 2.23. The zero-order chi connectivity index (χ0) is 12.0. The van der Waals surface area contributed by atoms with Gasteiger partial charge in [-0.1, -0.05) is 19.3 Å². The maximum Gasteiger partial charge on any atom is 0.410 e. The van der Waals surface area contributed by atoms with Crippen molar-refractivity contribution < 1.29 is 14.6 Å². The van der Waals surface area contributed by atoms with Crippen LogP contribution in [0.1, 0.15) is 46.0 Å². The Labute approximate surface area is 97.6 Å². The van der Waals surface area contributed by atoms with Crippen LogP contribution in [0.15, 0.2) is 0 Å². The molecule has 1 saturated carbocycles. The van der Waals surface area contributed by atoms with E-state index in [-0.39, 0.29) is 24.8 Å². The molecule has 0 saturated heterocycles. The molecule has 0 unspecified atom stereocenters. The van der Waals surface area contributed by atoms with E-state index in [4.69, 9.17) is 9.84 Å². The van der Waals surface area contributed by atoms with Gasteiger partial charge in [0.15, 0.2) is 0 Å². The van der Waals surface area contributed by atoms with Gasteiger partial charge in [0.25, 0.3) is 0 Å². The van der Waals surface area contributed by atoms with Crippen LogP contribution in [-0.4, -0.2) is 41.4 Å². The van der Waals surface area contributed by atoms with Crippen LogP contribution in [0, 0.1) is 0 Å². The third kappa shape index (κ3) is 4.00. The van der Waals surface area contributed by atoms with E-state index >= 15 is 0 Å². The molecule has 1 fully saturated rings. The van der Waals surface area contributed by atoms with Crippen molar-refractivity contribution in [2.75, 3.05) is 13.2 Å². The first-order valence-electron chi connectivity index (χ1n) is 6.23. The molecule has 1 aliphatic rings. The lowest BCUT2D eigenvalue weighted by molar-refractivity contribution is 0.0491. The normalized spacial score (nSPS) is 17.5. The minimum absolute atomic E-state index is 0.00367. The average molecular weight is 229 g/mol. The zero-order valence-electron chi connectivity index (χ0n) is 10.3. The van der Waals surface area contributed by atoms with Crippen molar-refractivity contribution in [2.24, 2.45) is 0 Å². The summed E-state index contributed by atoms with van der Waals surface area (Å²) >= 11 is 0. The van der Waals surface area contributed by atoms with Crippen LogP contribution in [0.4, 0.5) is 4.79 Å². The molecule has 0 aromatic carbocycles. The minimum atomic E-state index is -0.282. The first-order valence-corrected chi connectivity index (χ1v) is 6.23. The van der Waals surface area contributed by atoms with Gasteiger partial charge in [0.1, 0.15) is 0 Å². The van der Waals surface area contributed by atoms with Crippen LogP contribution in [0.25, 0.3) is 0 Å². The monoisotopic (exact) mass is 229 g/mol. The first-order chi connectivity index (χ1) is 7.65. The van der Waals surface area contributed by atoms with Gasteiger partial charge in [-0.25, -0.2) is 4.79 Å². The Morgan fingerprint density at radius 1 is 1.38 bits per heavy atom. The number of carbonyl (C=O) groups is 1. The molecule has 0 aliphatic heterocycles. The van der Waals surface area contributed by atoms with Crippen molar-refractivity contribution in [3.8, 4) is 0 Å². The molecular weight excluding hydrogens is 206 g/mol. The van der Waals surface area contributed by atoms with E-state index in [1.807, 2.05) is 13.8 Å². The molecule has 0 aromatic rings. The molecule has 0 bridgehead atoms.